The molecule has 2 aromatic carbocycles. The normalized spacial score (nSPS) is 13.8. The minimum atomic E-state index is -6.63. The Kier molecular flexibility index (Phi) is 4.37. The molecule has 0 fully saturated rings. The van der Waals surface area contributed by atoms with Crippen molar-refractivity contribution in [2.24, 2.45) is 0 Å². The largest absolute Gasteiger partial charge is 0.460 e. The lowest BCUT2D eigenvalue weighted by molar-refractivity contribution is -0.377. The third kappa shape index (κ3) is 2.53. The summed E-state index contributed by atoms with van der Waals surface area (Å²) in [5.41, 5.74) is -6.40. The summed E-state index contributed by atoms with van der Waals surface area (Å²) in [5, 5.41) is 0. The van der Waals surface area contributed by atoms with Crippen LogP contribution in [0.2, 0.25) is 0 Å². The van der Waals surface area contributed by atoms with Crippen LogP contribution in [0.5, 0.6) is 0 Å². The smallest absolute Gasteiger partial charge is 0.226 e. The molecule has 0 aromatic heterocycles. The monoisotopic (exact) mass is 354 g/mol. The highest BCUT2D eigenvalue weighted by molar-refractivity contribution is 5.40. The van der Waals surface area contributed by atoms with Crippen LogP contribution >= 0.6 is 0 Å². The molecule has 0 saturated heterocycles. The number of alkyl halides is 8. The molecule has 0 heterocycles. The molecule has 0 amide bonds. The van der Waals surface area contributed by atoms with Gasteiger partial charge in [-0.2, -0.15) is 30.7 Å². The van der Waals surface area contributed by atoms with Gasteiger partial charge in [-0.3, -0.25) is 0 Å². The zero-order valence-electron chi connectivity index (χ0n) is 11.8. The highest BCUT2D eigenvalue weighted by Crippen LogP contribution is 2.58. The zero-order valence-corrected chi connectivity index (χ0v) is 11.8. The van der Waals surface area contributed by atoms with Crippen molar-refractivity contribution in [3.8, 4) is 0 Å². The van der Waals surface area contributed by atoms with E-state index >= 15 is 4.39 Å². The van der Waals surface area contributed by atoms with Gasteiger partial charge in [-0.25, -0.2) is 4.39 Å². The number of hydrogen-bond acceptors (Lipinski definition) is 0. The molecule has 130 valence electrons. The lowest BCUT2D eigenvalue weighted by atomic mass is 9.79. The van der Waals surface area contributed by atoms with Crippen LogP contribution in [0.3, 0.4) is 0 Å². The Morgan fingerprint density at radius 3 is 1.08 bits per heavy atom. The van der Waals surface area contributed by atoms with E-state index in [1.165, 1.54) is 12.1 Å². The molecule has 0 bridgehead atoms. The van der Waals surface area contributed by atoms with Gasteiger partial charge in [0, 0.05) is 0 Å². The Hall–Kier alpha value is -2.12. The van der Waals surface area contributed by atoms with E-state index in [-0.39, 0.29) is 0 Å². The van der Waals surface area contributed by atoms with E-state index in [0.29, 0.717) is 0 Å². The topological polar surface area (TPSA) is 0 Å². The van der Waals surface area contributed by atoms with E-state index in [1.54, 1.807) is 0 Å². The summed E-state index contributed by atoms with van der Waals surface area (Å²) in [6.45, 7) is 0. The Morgan fingerprint density at radius 2 is 0.792 bits per heavy atom. The molecule has 0 unspecified atom stereocenters. The van der Waals surface area contributed by atoms with Gasteiger partial charge >= 0.3 is 18.0 Å². The minimum Gasteiger partial charge on any atom is -0.226 e. The average molecular weight is 354 g/mol. The van der Waals surface area contributed by atoms with Crippen LogP contribution in [0, 0.1) is 0 Å². The van der Waals surface area contributed by atoms with Crippen LogP contribution in [0.25, 0.3) is 0 Å². The highest BCUT2D eigenvalue weighted by atomic mass is 19.4. The first-order valence-corrected chi connectivity index (χ1v) is 6.58. The third-order valence-electron chi connectivity index (χ3n) is 3.53. The third-order valence-corrected chi connectivity index (χ3v) is 3.53. The second-order valence-corrected chi connectivity index (χ2v) is 5.04. The molecular formula is C16H10F8. The van der Waals surface area contributed by atoms with Crippen molar-refractivity contribution in [3.05, 3.63) is 71.8 Å². The van der Waals surface area contributed by atoms with Crippen LogP contribution < -0.4 is 0 Å². The molecule has 0 atom stereocenters. The van der Waals surface area contributed by atoms with Crippen LogP contribution in [0.1, 0.15) is 11.1 Å². The molecule has 0 aliphatic heterocycles. The van der Waals surface area contributed by atoms with Gasteiger partial charge in [-0.15, -0.1) is 0 Å². The van der Waals surface area contributed by atoms with E-state index < -0.39 is 34.8 Å². The van der Waals surface area contributed by atoms with Crippen molar-refractivity contribution in [1.82, 2.24) is 0 Å². The Labute approximate surface area is 131 Å². The van der Waals surface area contributed by atoms with Crippen LogP contribution in [0.15, 0.2) is 60.7 Å². The van der Waals surface area contributed by atoms with E-state index in [0.717, 1.165) is 48.5 Å². The Balaban J connectivity index is 2.77. The van der Waals surface area contributed by atoms with Crippen molar-refractivity contribution >= 4 is 0 Å². The lowest BCUT2D eigenvalue weighted by Crippen LogP contribution is -2.61. The first-order valence-electron chi connectivity index (χ1n) is 6.58. The molecule has 2 aromatic rings. The van der Waals surface area contributed by atoms with Gasteiger partial charge in [0.2, 0.25) is 5.67 Å². The molecule has 0 saturated carbocycles. The van der Waals surface area contributed by atoms with Gasteiger partial charge < -0.3 is 0 Å². The van der Waals surface area contributed by atoms with Gasteiger partial charge in [-0.1, -0.05) is 60.7 Å². The molecule has 2 rings (SSSR count). The van der Waals surface area contributed by atoms with Gasteiger partial charge in [0.1, 0.15) is 0 Å². The Morgan fingerprint density at radius 1 is 0.458 bits per heavy atom. The number of benzene rings is 2. The van der Waals surface area contributed by atoms with Crippen molar-refractivity contribution in [1.29, 1.82) is 0 Å². The van der Waals surface area contributed by atoms with E-state index in [4.69, 9.17) is 0 Å². The quantitative estimate of drug-likeness (QED) is 0.615. The van der Waals surface area contributed by atoms with Crippen LogP contribution in [-0.2, 0) is 5.67 Å². The summed E-state index contributed by atoms with van der Waals surface area (Å²) < 4.78 is 108. The molecular weight excluding hydrogens is 344 g/mol. The predicted molar refractivity (Wildman–Crippen MR) is 70.7 cm³/mol. The standard InChI is InChI=1S/C16H10F8/c17-13(11-7-3-1-4-8-11,12-9-5-2-6-10-12)14(18,19)15(20,21)16(22,23)24/h1-10H. The van der Waals surface area contributed by atoms with Crippen molar-refractivity contribution < 1.29 is 35.1 Å². The molecule has 24 heavy (non-hydrogen) atoms. The van der Waals surface area contributed by atoms with Crippen LogP contribution in [-0.4, -0.2) is 18.0 Å². The molecule has 0 aliphatic carbocycles. The van der Waals surface area contributed by atoms with Crippen molar-refractivity contribution in [2.45, 2.75) is 23.7 Å². The predicted octanol–water partition coefficient (Wildman–Crippen LogP) is 5.73. The number of halogens is 8. The summed E-state index contributed by atoms with van der Waals surface area (Å²) in [6.07, 6.45) is -6.63. The van der Waals surface area contributed by atoms with E-state index in [2.05, 4.69) is 0 Å². The van der Waals surface area contributed by atoms with Gasteiger partial charge in [0.25, 0.3) is 0 Å². The maximum absolute atomic E-state index is 15.3. The first-order chi connectivity index (χ1) is 11.0. The summed E-state index contributed by atoms with van der Waals surface area (Å²) >= 11 is 0. The lowest BCUT2D eigenvalue weighted by Gasteiger charge is -2.39. The molecule has 8 heteroatoms. The van der Waals surface area contributed by atoms with E-state index in [1.807, 2.05) is 0 Å². The van der Waals surface area contributed by atoms with Gasteiger partial charge in [0.05, 0.1) is 0 Å². The summed E-state index contributed by atoms with van der Waals surface area (Å²) in [7, 11) is 0. The fourth-order valence-electron chi connectivity index (χ4n) is 2.26. The first kappa shape index (κ1) is 18.2. The zero-order chi connectivity index (χ0) is 18.2. The second-order valence-electron chi connectivity index (χ2n) is 5.04. The SMILES string of the molecule is FC(F)(F)C(F)(F)C(F)(F)C(F)(c1ccccc1)c1ccccc1. The van der Waals surface area contributed by atoms with Crippen molar-refractivity contribution in [2.75, 3.05) is 0 Å². The van der Waals surface area contributed by atoms with Crippen LogP contribution in [0.4, 0.5) is 35.1 Å². The fraction of sp³-hybridized carbons (Fsp3) is 0.250. The maximum atomic E-state index is 15.3. The van der Waals surface area contributed by atoms with Gasteiger partial charge in [-0.05, 0) is 11.1 Å². The average Bonchev–Trinajstić information content (AvgIpc) is 2.54. The number of rotatable bonds is 4. The molecule has 0 aliphatic rings. The minimum absolute atomic E-state index is 0.730. The molecule has 0 nitrogen and oxygen atoms in total. The Bertz CT molecular complexity index is 637. The fourth-order valence-corrected chi connectivity index (χ4v) is 2.26. The van der Waals surface area contributed by atoms with Crippen molar-refractivity contribution in [3.63, 3.8) is 0 Å². The second kappa shape index (κ2) is 5.75. The highest BCUT2D eigenvalue weighted by Gasteiger charge is 2.81. The molecule has 0 N–H and O–H groups in total. The summed E-state index contributed by atoms with van der Waals surface area (Å²) in [6, 6.07) is 9.75. The molecule has 0 spiro atoms. The summed E-state index contributed by atoms with van der Waals surface area (Å²) in [4.78, 5) is 0. The molecule has 0 radical (unpaired) electrons. The summed E-state index contributed by atoms with van der Waals surface area (Å²) in [5.74, 6) is -12.7. The van der Waals surface area contributed by atoms with E-state index in [9.17, 15) is 30.7 Å². The van der Waals surface area contributed by atoms with Gasteiger partial charge in [0.15, 0.2) is 0 Å². The maximum Gasteiger partial charge on any atom is 0.460 e. The number of hydrogen-bond donors (Lipinski definition) is 0.